The van der Waals surface area contributed by atoms with Crippen LogP contribution < -0.4 is 14.8 Å². The molecule has 0 fully saturated rings. The maximum absolute atomic E-state index is 6.33. The predicted octanol–water partition coefficient (Wildman–Crippen LogP) is 4.27. The van der Waals surface area contributed by atoms with Crippen molar-refractivity contribution in [3.8, 4) is 11.5 Å². The molecule has 1 aromatic rings. The number of benzene rings is 1. The van der Waals surface area contributed by atoms with Gasteiger partial charge in [0.1, 0.15) is 0 Å². The lowest BCUT2D eigenvalue weighted by Gasteiger charge is -2.17. The molecule has 0 saturated heterocycles. The van der Waals surface area contributed by atoms with E-state index < -0.39 is 0 Å². The average Bonchev–Trinajstić information content (AvgIpc) is 2.47. The molecule has 0 bridgehead atoms. The SMILES string of the molecule is CCNCc1cc(Cl)c(OCC(CC)CC)c(OC)c1. The van der Waals surface area contributed by atoms with Crippen LogP contribution in [-0.2, 0) is 6.54 Å². The molecule has 0 atom stereocenters. The lowest BCUT2D eigenvalue weighted by atomic mass is 10.1. The Morgan fingerprint density at radius 3 is 2.45 bits per heavy atom. The zero-order valence-electron chi connectivity index (χ0n) is 13.0. The minimum Gasteiger partial charge on any atom is -0.493 e. The molecule has 0 aliphatic heterocycles. The molecule has 0 aliphatic carbocycles. The second kappa shape index (κ2) is 9.09. The van der Waals surface area contributed by atoms with Crippen LogP contribution in [0.3, 0.4) is 0 Å². The molecule has 0 spiro atoms. The Balaban J connectivity index is 2.84. The zero-order chi connectivity index (χ0) is 15.0. The molecule has 114 valence electrons. The molecule has 0 aromatic heterocycles. The smallest absolute Gasteiger partial charge is 0.179 e. The first-order valence-electron chi connectivity index (χ1n) is 7.36. The molecule has 1 N–H and O–H groups in total. The number of nitrogens with one attached hydrogen (secondary N) is 1. The van der Waals surface area contributed by atoms with Gasteiger partial charge in [0.15, 0.2) is 11.5 Å². The third-order valence-corrected chi connectivity index (χ3v) is 3.77. The molecule has 1 aromatic carbocycles. The Morgan fingerprint density at radius 1 is 1.20 bits per heavy atom. The van der Waals surface area contributed by atoms with E-state index in [9.17, 15) is 0 Å². The highest BCUT2D eigenvalue weighted by atomic mass is 35.5. The van der Waals surface area contributed by atoms with Gasteiger partial charge in [0.2, 0.25) is 0 Å². The minimum atomic E-state index is 0.553. The molecule has 1 rings (SSSR count). The van der Waals surface area contributed by atoms with Gasteiger partial charge >= 0.3 is 0 Å². The molecular weight excluding hydrogens is 274 g/mol. The van der Waals surface area contributed by atoms with Crippen LogP contribution in [0, 0.1) is 5.92 Å². The van der Waals surface area contributed by atoms with Gasteiger partial charge in [-0.3, -0.25) is 0 Å². The first-order chi connectivity index (χ1) is 9.65. The summed E-state index contributed by atoms with van der Waals surface area (Å²) in [6.07, 6.45) is 2.21. The fourth-order valence-electron chi connectivity index (χ4n) is 2.01. The van der Waals surface area contributed by atoms with Crippen molar-refractivity contribution >= 4 is 11.6 Å². The molecule has 0 saturated carbocycles. The van der Waals surface area contributed by atoms with Crippen molar-refractivity contribution in [1.82, 2.24) is 5.32 Å². The van der Waals surface area contributed by atoms with Gasteiger partial charge in [-0.1, -0.05) is 45.2 Å². The summed E-state index contributed by atoms with van der Waals surface area (Å²) in [5.41, 5.74) is 1.10. The first kappa shape index (κ1) is 17.1. The van der Waals surface area contributed by atoms with Crippen LogP contribution in [0.15, 0.2) is 12.1 Å². The van der Waals surface area contributed by atoms with Crippen molar-refractivity contribution < 1.29 is 9.47 Å². The van der Waals surface area contributed by atoms with E-state index in [2.05, 4.69) is 26.1 Å². The monoisotopic (exact) mass is 299 g/mol. The van der Waals surface area contributed by atoms with E-state index in [1.54, 1.807) is 7.11 Å². The van der Waals surface area contributed by atoms with Crippen molar-refractivity contribution in [3.05, 3.63) is 22.7 Å². The molecular formula is C16H26ClNO2. The van der Waals surface area contributed by atoms with Crippen LogP contribution in [0.5, 0.6) is 11.5 Å². The second-order valence-corrected chi connectivity index (χ2v) is 5.29. The van der Waals surface area contributed by atoms with Crippen molar-refractivity contribution in [3.63, 3.8) is 0 Å². The first-order valence-corrected chi connectivity index (χ1v) is 7.73. The van der Waals surface area contributed by atoms with Crippen molar-refractivity contribution in [2.24, 2.45) is 5.92 Å². The van der Waals surface area contributed by atoms with Crippen LogP contribution in [0.4, 0.5) is 0 Å². The Kier molecular flexibility index (Phi) is 7.78. The number of hydrogen-bond donors (Lipinski definition) is 1. The largest absolute Gasteiger partial charge is 0.493 e. The van der Waals surface area contributed by atoms with E-state index in [1.165, 1.54) is 0 Å². The number of rotatable bonds is 9. The van der Waals surface area contributed by atoms with Crippen LogP contribution >= 0.6 is 11.6 Å². The molecule has 20 heavy (non-hydrogen) atoms. The molecule has 0 radical (unpaired) electrons. The number of methoxy groups -OCH3 is 1. The number of ether oxygens (including phenoxy) is 2. The Bertz CT molecular complexity index is 406. The number of hydrogen-bond acceptors (Lipinski definition) is 3. The number of halogens is 1. The maximum atomic E-state index is 6.33. The predicted molar refractivity (Wildman–Crippen MR) is 85.0 cm³/mol. The maximum Gasteiger partial charge on any atom is 0.179 e. The summed E-state index contributed by atoms with van der Waals surface area (Å²) in [6, 6.07) is 3.92. The lowest BCUT2D eigenvalue weighted by Crippen LogP contribution is -2.13. The Hall–Kier alpha value is -0.930. The van der Waals surface area contributed by atoms with Crippen molar-refractivity contribution in [1.29, 1.82) is 0 Å². The highest BCUT2D eigenvalue weighted by Crippen LogP contribution is 2.36. The summed E-state index contributed by atoms with van der Waals surface area (Å²) in [7, 11) is 1.65. The standard InChI is InChI=1S/C16H26ClNO2/c1-5-12(6-2)11-20-16-14(17)8-13(10-18-7-3)9-15(16)19-4/h8-9,12,18H,5-7,10-11H2,1-4H3. The topological polar surface area (TPSA) is 30.5 Å². The normalized spacial score (nSPS) is 10.9. The molecule has 0 unspecified atom stereocenters. The van der Waals surface area contributed by atoms with E-state index in [4.69, 9.17) is 21.1 Å². The second-order valence-electron chi connectivity index (χ2n) is 4.88. The summed E-state index contributed by atoms with van der Waals surface area (Å²) in [4.78, 5) is 0. The summed E-state index contributed by atoms with van der Waals surface area (Å²) in [5, 5.41) is 3.89. The fraction of sp³-hybridized carbons (Fsp3) is 0.625. The van der Waals surface area contributed by atoms with Gasteiger partial charge in [0.05, 0.1) is 18.7 Å². The van der Waals surface area contributed by atoms with Crippen molar-refractivity contribution in [2.75, 3.05) is 20.3 Å². The van der Waals surface area contributed by atoms with Crippen LogP contribution in [0.2, 0.25) is 5.02 Å². The van der Waals surface area contributed by atoms with E-state index in [0.717, 1.165) is 31.5 Å². The Labute approximate surface area is 127 Å². The zero-order valence-corrected chi connectivity index (χ0v) is 13.7. The van der Waals surface area contributed by atoms with Gasteiger partial charge in [0.25, 0.3) is 0 Å². The minimum absolute atomic E-state index is 0.553. The summed E-state index contributed by atoms with van der Waals surface area (Å²) in [5.74, 6) is 1.91. The molecule has 4 heteroatoms. The van der Waals surface area contributed by atoms with E-state index in [0.29, 0.717) is 29.0 Å². The third kappa shape index (κ3) is 4.88. The van der Waals surface area contributed by atoms with Gasteiger partial charge in [-0.2, -0.15) is 0 Å². The van der Waals surface area contributed by atoms with Crippen LogP contribution in [0.25, 0.3) is 0 Å². The molecule has 3 nitrogen and oxygen atoms in total. The average molecular weight is 300 g/mol. The highest BCUT2D eigenvalue weighted by molar-refractivity contribution is 6.32. The van der Waals surface area contributed by atoms with Gasteiger partial charge in [0, 0.05) is 6.54 Å². The van der Waals surface area contributed by atoms with Gasteiger partial charge in [-0.15, -0.1) is 0 Å². The van der Waals surface area contributed by atoms with Crippen LogP contribution in [0.1, 0.15) is 39.2 Å². The fourth-order valence-corrected chi connectivity index (χ4v) is 2.30. The van der Waals surface area contributed by atoms with Gasteiger partial charge in [-0.25, -0.2) is 0 Å². The summed E-state index contributed by atoms with van der Waals surface area (Å²) < 4.78 is 11.3. The summed E-state index contributed by atoms with van der Waals surface area (Å²) >= 11 is 6.33. The third-order valence-electron chi connectivity index (χ3n) is 3.49. The van der Waals surface area contributed by atoms with Crippen molar-refractivity contribution in [2.45, 2.75) is 40.2 Å². The molecule has 0 aliphatic rings. The van der Waals surface area contributed by atoms with Gasteiger partial charge < -0.3 is 14.8 Å². The lowest BCUT2D eigenvalue weighted by molar-refractivity contribution is 0.230. The summed E-state index contributed by atoms with van der Waals surface area (Å²) in [6.45, 7) is 8.81. The Morgan fingerprint density at radius 2 is 1.90 bits per heavy atom. The van der Waals surface area contributed by atoms with E-state index in [1.807, 2.05) is 12.1 Å². The highest BCUT2D eigenvalue weighted by Gasteiger charge is 2.14. The van der Waals surface area contributed by atoms with Gasteiger partial charge in [-0.05, 0) is 30.2 Å². The van der Waals surface area contributed by atoms with E-state index in [-0.39, 0.29) is 0 Å². The quantitative estimate of drug-likeness (QED) is 0.738. The molecule has 0 heterocycles. The molecule has 0 amide bonds. The van der Waals surface area contributed by atoms with Crippen LogP contribution in [-0.4, -0.2) is 20.3 Å². The van der Waals surface area contributed by atoms with E-state index >= 15 is 0 Å².